The molecule has 1 aliphatic rings. The van der Waals surface area contributed by atoms with Crippen LogP contribution in [-0.4, -0.2) is 42.7 Å². The maximum atomic E-state index is 13.3. The molecule has 0 spiro atoms. The Balaban J connectivity index is 1.62. The summed E-state index contributed by atoms with van der Waals surface area (Å²) in [6, 6.07) is 8.63. The quantitative estimate of drug-likeness (QED) is 0.488. The van der Waals surface area contributed by atoms with Gasteiger partial charge in [0, 0.05) is 25.0 Å². The summed E-state index contributed by atoms with van der Waals surface area (Å²) in [6.07, 6.45) is 5.30. The van der Waals surface area contributed by atoms with Gasteiger partial charge in [0.1, 0.15) is 11.4 Å². The Labute approximate surface area is 197 Å². The van der Waals surface area contributed by atoms with Gasteiger partial charge in [-0.05, 0) is 73.1 Å². The van der Waals surface area contributed by atoms with E-state index in [9.17, 15) is 15.0 Å². The lowest BCUT2D eigenvalue weighted by Gasteiger charge is -2.43. The zero-order valence-electron chi connectivity index (χ0n) is 18.6. The van der Waals surface area contributed by atoms with E-state index in [-0.39, 0.29) is 35.4 Å². The van der Waals surface area contributed by atoms with Gasteiger partial charge in [-0.3, -0.25) is 14.8 Å². The number of aromatic nitrogens is 3. The molecule has 0 radical (unpaired) electrons. The number of carbonyl (C=O) groups is 1. The highest BCUT2D eigenvalue weighted by molar-refractivity contribution is 6.32. The summed E-state index contributed by atoms with van der Waals surface area (Å²) in [6.45, 7) is 3.60. The number of nitrogens with zero attached hydrogens (tertiary/aromatic N) is 3. The van der Waals surface area contributed by atoms with Crippen LogP contribution >= 0.6 is 11.6 Å². The summed E-state index contributed by atoms with van der Waals surface area (Å²) in [5.74, 6) is -0.336. The van der Waals surface area contributed by atoms with Gasteiger partial charge < -0.3 is 15.9 Å². The molecular formula is C25H27ClN4O3. The van der Waals surface area contributed by atoms with Crippen LogP contribution in [-0.2, 0) is 6.42 Å². The number of carbonyl (C=O) groups excluding carboxylic acids is 1. The Bertz CT molecular complexity index is 1170. The van der Waals surface area contributed by atoms with E-state index >= 15 is 0 Å². The Morgan fingerprint density at radius 2 is 2.03 bits per heavy atom. The summed E-state index contributed by atoms with van der Waals surface area (Å²) in [5.41, 5.74) is 8.05. The lowest BCUT2D eigenvalue weighted by Crippen LogP contribution is -2.49. The van der Waals surface area contributed by atoms with Crippen molar-refractivity contribution in [3.63, 3.8) is 0 Å². The number of nitrogen functional groups attached to an aromatic ring is 1. The number of pyridine rings is 3. The molecule has 0 unspecified atom stereocenters. The third-order valence-electron chi connectivity index (χ3n) is 6.74. The highest BCUT2D eigenvalue weighted by atomic mass is 35.5. The summed E-state index contributed by atoms with van der Waals surface area (Å²) in [5, 5.41) is 21.5. The molecule has 1 saturated carbocycles. The molecule has 4 rings (SSSR count). The van der Waals surface area contributed by atoms with Crippen molar-refractivity contribution in [3.05, 3.63) is 70.8 Å². The van der Waals surface area contributed by atoms with Crippen molar-refractivity contribution in [2.45, 2.75) is 50.7 Å². The van der Waals surface area contributed by atoms with Gasteiger partial charge in [-0.2, -0.15) is 0 Å². The highest BCUT2D eigenvalue weighted by Crippen LogP contribution is 2.42. The number of hydrogen-bond acceptors (Lipinski definition) is 7. The second kappa shape index (κ2) is 9.17. The van der Waals surface area contributed by atoms with Crippen LogP contribution in [0.1, 0.15) is 54.2 Å². The van der Waals surface area contributed by atoms with Crippen molar-refractivity contribution in [2.24, 2.45) is 5.92 Å². The number of anilines is 1. The smallest absolute Gasteiger partial charge is 0.187 e. The van der Waals surface area contributed by atoms with Gasteiger partial charge in [0.15, 0.2) is 5.78 Å². The van der Waals surface area contributed by atoms with Gasteiger partial charge in [0.2, 0.25) is 0 Å². The molecule has 1 fully saturated rings. The van der Waals surface area contributed by atoms with Gasteiger partial charge >= 0.3 is 0 Å². The predicted molar refractivity (Wildman–Crippen MR) is 127 cm³/mol. The number of aliphatic hydroxyl groups excluding tert-OH is 1. The topological polar surface area (TPSA) is 122 Å². The molecule has 0 aromatic carbocycles. The SMILES string of the molecule is C[C@H]1C[C@@H](c2ccncc2CC(=O)c2nc(-c3ncccc3Cl)ccc2N)C[C@@H](O)[C@]1(C)O. The summed E-state index contributed by atoms with van der Waals surface area (Å²) in [4.78, 5) is 26.2. The number of rotatable bonds is 5. The molecule has 0 aliphatic heterocycles. The van der Waals surface area contributed by atoms with Crippen LogP contribution in [0, 0.1) is 5.92 Å². The Hall–Kier alpha value is -2.87. The fraction of sp³-hybridized carbons (Fsp3) is 0.360. The number of Topliss-reactive ketones (excluding diaryl/α,β-unsaturated/α-hetero) is 1. The minimum absolute atomic E-state index is 0.00462. The first kappa shape index (κ1) is 23.3. The maximum absolute atomic E-state index is 13.3. The fourth-order valence-corrected chi connectivity index (χ4v) is 4.71. The van der Waals surface area contributed by atoms with E-state index < -0.39 is 11.7 Å². The van der Waals surface area contributed by atoms with Gasteiger partial charge in [-0.25, -0.2) is 4.98 Å². The first-order chi connectivity index (χ1) is 15.7. The average Bonchev–Trinajstić information content (AvgIpc) is 2.78. The van der Waals surface area contributed by atoms with Crippen molar-refractivity contribution in [3.8, 4) is 11.4 Å². The van der Waals surface area contributed by atoms with Gasteiger partial charge in [0.25, 0.3) is 0 Å². The Morgan fingerprint density at radius 3 is 2.76 bits per heavy atom. The van der Waals surface area contributed by atoms with Crippen LogP contribution in [0.25, 0.3) is 11.4 Å². The lowest BCUT2D eigenvalue weighted by molar-refractivity contribution is -0.123. The number of aliphatic hydroxyl groups is 2. The van der Waals surface area contributed by atoms with Crippen LogP contribution in [0.4, 0.5) is 5.69 Å². The second-order valence-electron chi connectivity index (χ2n) is 8.95. The molecule has 4 atom stereocenters. The van der Waals surface area contributed by atoms with Gasteiger partial charge in [-0.1, -0.05) is 18.5 Å². The molecule has 4 N–H and O–H groups in total. The van der Waals surface area contributed by atoms with Crippen LogP contribution in [0.2, 0.25) is 5.02 Å². The largest absolute Gasteiger partial charge is 0.397 e. The second-order valence-corrected chi connectivity index (χ2v) is 9.36. The van der Waals surface area contributed by atoms with Crippen molar-refractivity contribution in [1.29, 1.82) is 0 Å². The predicted octanol–water partition coefficient (Wildman–Crippen LogP) is 3.83. The number of hydrogen-bond donors (Lipinski definition) is 3. The highest BCUT2D eigenvalue weighted by Gasteiger charge is 2.43. The molecule has 33 heavy (non-hydrogen) atoms. The van der Waals surface area contributed by atoms with E-state index in [4.69, 9.17) is 17.3 Å². The van der Waals surface area contributed by atoms with E-state index in [0.29, 0.717) is 29.3 Å². The third-order valence-corrected chi connectivity index (χ3v) is 7.05. The average molecular weight is 467 g/mol. The molecule has 172 valence electrons. The number of ketones is 1. The molecule has 3 aromatic heterocycles. The van der Waals surface area contributed by atoms with E-state index in [0.717, 1.165) is 11.1 Å². The van der Waals surface area contributed by atoms with Crippen LogP contribution in [0.3, 0.4) is 0 Å². The molecular weight excluding hydrogens is 440 g/mol. The fourth-order valence-electron chi connectivity index (χ4n) is 4.49. The number of nitrogens with two attached hydrogens (primary N) is 1. The van der Waals surface area contributed by atoms with Crippen LogP contribution in [0.5, 0.6) is 0 Å². The molecule has 0 bridgehead atoms. The number of halogens is 1. The molecule has 7 nitrogen and oxygen atoms in total. The zero-order chi connectivity index (χ0) is 23.8. The zero-order valence-corrected chi connectivity index (χ0v) is 19.3. The minimum Gasteiger partial charge on any atom is -0.397 e. The lowest BCUT2D eigenvalue weighted by atomic mass is 9.68. The Kier molecular flexibility index (Phi) is 6.47. The van der Waals surface area contributed by atoms with Crippen molar-refractivity contribution in [1.82, 2.24) is 15.0 Å². The van der Waals surface area contributed by atoms with Gasteiger partial charge in [0.05, 0.1) is 28.1 Å². The molecule has 0 amide bonds. The molecule has 3 heterocycles. The first-order valence-corrected chi connectivity index (χ1v) is 11.3. The summed E-state index contributed by atoms with van der Waals surface area (Å²) < 4.78 is 0. The van der Waals surface area contributed by atoms with E-state index in [1.807, 2.05) is 13.0 Å². The molecule has 8 heteroatoms. The van der Waals surface area contributed by atoms with E-state index in [1.165, 1.54) is 0 Å². The first-order valence-electron chi connectivity index (χ1n) is 10.9. The van der Waals surface area contributed by atoms with Gasteiger partial charge in [-0.15, -0.1) is 0 Å². The summed E-state index contributed by atoms with van der Waals surface area (Å²) in [7, 11) is 0. The van der Waals surface area contributed by atoms with Crippen molar-refractivity contribution >= 4 is 23.1 Å². The third kappa shape index (κ3) is 4.62. The molecule has 0 saturated heterocycles. The van der Waals surface area contributed by atoms with E-state index in [2.05, 4.69) is 15.0 Å². The van der Waals surface area contributed by atoms with Crippen molar-refractivity contribution in [2.75, 3.05) is 5.73 Å². The minimum atomic E-state index is -1.13. The standard InChI is InChI=1S/C25H27ClN4O3/c1-14-10-15(12-22(32)25(14,2)33)17-7-9-28-13-16(17)11-21(31)24-19(27)5-6-20(30-24)23-18(26)4-3-8-29-23/h3-9,13-15,22,32-33H,10-12,27H2,1-2H3/t14-,15+,22+,25+/m0/s1. The van der Waals surface area contributed by atoms with Crippen molar-refractivity contribution < 1.29 is 15.0 Å². The maximum Gasteiger partial charge on any atom is 0.187 e. The van der Waals surface area contributed by atoms with Crippen LogP contribution < -0.4 is 5.73 Å². The summed E-state index contributed by atoms with van der Waals surface area (Å²) >= 11 is 6.25. The molecule has 1 aliphatic carbocycles. The van der Waals surface area contributed by atoms with Crippen LogP contribution in [0.15, 0.2) is 48.9 Å². The monoisotopic (exact) mass is 466 g/mol. The normalized spacial score (nSPS) is 25.1. The Morgan fingerprint density at radius 1 is 1.24 bits per heavy atom. The van der Waals surface area contributed by atoms with E-state index in [1.54, 1.807) is 49.8 Å². The molecule has 3 aromatic rings.